The maximum absolute atomic E-state index is 12.4. The van der Waals surface area contributed by atoms with Gasteiger partial charge in [-0.3, -0.25) is 24.0 Å². The zero-order valence-corrected chi connectivity index (χ0v) is 20.3. The summed E-state index contributed by atoms with van der Waals surface area (Å²) in [5.41, 5.74) is 16.8. The van der Waals surface area contributed by atoms with Crippen molar-refractivity contribution in [1.29, 1.82) is 0 Å². The standard InChI is InChI=1S/C23H33ClN6O5/c1-14(28-19(31)11-7-15-5-8-16(24)9-6-15)23(35)30-18(22(27)34)10-12-20(32)29-17(21(26)33)4-2-3-13-25/h5-9,11,14,17-18H,2-4,10,12-13,25H2,1H3,(H2,26,33)(H2,27,34)(H,28,31)(H,29,32)(H,30,35)/b11-7+/t14-,17-,18+/m0/s1. The second-order valence-corrected chi connectivity index (χ2v) is 8.36. The molecule has 11 nitrogen and oxygen atoms in total. The molecule has 0 aliphatic rings. The molecule has 0 radical (unpaired) electrons. The monoisotopic (exact) mass is 508 g/mol. The molecule has 0 saturated heterocycles. The third kappa shape index (κ3) is 12.0. The first kappa shape index (κ1) is 29.6. The van der Waals surface area contributed by atoms with Crippen LogP contribution in [0.3, 0.4) is 0 Å². The molecule has 0 fully saturated rings. The highest BCUT2D eigenvalue weighted by atomic mass is 35.5. The third-order valence-electron chi connectivity index (χ3n) is 4.99. The molecule has 0 aliphatic carbocycles. The number of halogens is 1. The van der Waals surface area contributed by atoms with Crippen LogP contribution in [0.5, 0.6) is 0 Å². The first-order chi connectivity index (χ1) is 16.5. The van der Waals surface area contributed by atoms with Crippen molar-refractivity contribution in [1.82, 2.24) is 16.0 Å². The van der Waals surface area contributed by atoms with Gasteiger partial charge in [-0.2, -0.15) is 0 Å². The molecule has 192 valence electrons. The number of hydrogen-bond donors (Lipinski definition) is 6. The van der Waals surface area contributed by atoms with Crippen molar-refractivity contribution in [3.05, 3.63) is 40.9 Å². The molecule has 0 unspecified atom stereocenters. The van der Waals surface area contributed by atoms with Gasteiger partial charge >= 0.3 is 0 Å². The molecular formula is C23H33ClN6O5. The normalized spacial score (nSPS) is 13.5. The summed E-state index contributed by atoms with van der Waals surface area (Å²) in [6.07, 6.45) is 4.17. The summed E-state index contributed by atoms with van der Waals surface area (Å²) in [5.74, 6) is -3.22. The first-order valence-electron chi connectivity index (χ1n) is 11.2. The van der Waals surface area contributed by atoms with Crippen LogP contribution in [0, 0.1) is 0 Å². The Balaban J connectivity index is 2.56. The highest BCUT2D eigenvalue weighted by Gasteiger charge is 2.24. The number of rotatable bonds is 15. The van der Waals surface area contributed by atoms with E-state index in [1.807, 2.05) is 0 Å². The van der Waals surface area contributed by atoms with Crippen molar-refractivity contribution in [2.75, 3.05) is 6.54 Å². The fraction of sp³-hybridized carbons (Fsp3) is 0.435. The van der Waals surface area contributed by atoms with Crippen molar-refractivity contribution in [2.45, 2.75) is 57.2 Å². The molecule has 0 aliphatic heterocycles. The number of amides is 5. The Kier molecular flexibility index (Phi) is 13.1. The number of hydrogen-bond acceptors (Lipinski definition) is 6. The molecule has 3 atom stereocenters. The number of nitrogens with one attached hydrogen (secondary N) is 3. The predicted octanol–water partition coefficient (Wildman–Crippen LogP) is -0.293. The van der Waals surface area contributed by atoms with E-state index in [2.05, 4.69) is 16.0 Å². The van der Waals surface area contributed by atoms with Crippen LogP contribution in [0.25, 0.3) is 6.08 Å². The molecule has 0 saturated carbocycles. The average Bonchev–Trinajstić information content (AvgIpc) is 2.80. The third-order valence-corrected chi connectivity index (χ3v) is 5.25. The summed E-state index contributed by atoms with van der Waals surface area (Å²) in [6, 6.07) is 3.82. The van der Waals surface area contributed by atoms with Gasteiger partial charge in [0.2, 0.25) is 29.5 Å². The Morgan fingerprint density at radius 3 is 2.09 bits per heavy atom. The van der Waals surface area contributed by atoms with Gasteiger partial charge in [0.05, 0.1) is 0 Å². The lowest BCUT2D eigenvalue weighted by atomic mass is 10.1. The van der Waals surface area contributed by atoms with E-state index in [-0.39, 0.29) is 12.8 Å². The minimum absolute atomic E-state index is 0.0989. The zero-order chi connectivity index (χ0) is 26.4. The van der Waals surface area contributed by atoms with E-state index in [4.69, 9.17) is 28.8 Å². The lowest BCUT2D eigenvalue weighted by Gasteiger charge is -2.20. The van der Waals surface area contributed by atoms with E-state index in [1.54, 1.807) is 30.3 Å². The summed E-state index contributed by atoms with van der Waals surface area (Å²) in [7, 11) is 0. The van der Waals surface area contributed by atoms with E-state index < -0.39 is 47.7 Å². The van der Waals surface area contributed by atoms with Gasteiger partial charge in [0.15, 0.2) is 0 Å². The molecule has 12 heteroatoms. The van der Waals surface area contributed by atoms with Crippen molar-refractivity contribution < 1.29 is 24.0 Å². The van der Waals surface area contributed by atoms with Crippen LogP contribution >= 0.6 is 11.6 Å². The number of carbonyl (C=O) groups excluding carboxylic acids is 5. The van der Waals surface area contributed by atoms with Gasteiger partial charge in [-0.05, 0) is 62.9 Å². The van der Waals surface area contributed by atoms with Crippen LogP contribution in [0.4, 0.5) is 0 Å². The molecule has 9 N–H and O–H groups in total. The molecule has 1 rings (SSSR count). The Morgan fingerprint density at radius 1 is 0.914 bits per heavy atom. The Morgan fingerprint density at radius 2 is 1.51 bits per heavy atom. The van der Waals surface area contributed by atoms with Crippen LogP contribution in [0.1, 0.15) is 44.6 Å². The SMILES string of the molecule is C[C@H](NC(=O)/C=C/c1ccc(Cl)cc1)C(=O)N[C@H](CCC(=O)N[C@@H](CCCCN)C(N)=O)C(N)=O. The van der Waals surface area contributed by atoms with Crippen LogP contribution in [0.15, 0.2) is 30.3 Å². The van der Waals surface area contributed by atoms with Crippen LogP contribution < -0.4 is 33.2 Å². The van der Waals surface area contributed by atoms with Gasteiger partial charge in [0.25, 0.3) is 0 Å². The number of unbranched alkanes of at least 4 members (excludes halogenated alkanes) is 1. The second-order valence-electron chi connectivity index (χ2n) is 7.92. The van der Waals surface area contributed by atoms with Gasteiger partial charge in [0.1, 0.15) is 18.1 Å². The second kappa shape index (κ2) is 15.5. The molecule has 5 amide bonds. The fourth-order valence-electron chi connectivity index (χ4n) is 2.98. The molecule has 0 spiro atoms. The lowest BCUT2D eigenvalue weighted by Crippen LogP contribution is -2.52. The minimum Gasteiger partial charge on any atom is -0.368 e. The quantitative estimate of drug-likeness (QED) is 0.139. The number of primary amides is 2. The average molecular weight is 509 g/mol. The molecule has 0 aromatic heterocycles. The van der Waals surface area contributed by atoms with Gasteiger partial charge in [0, 0.05) is 17.5 Å². The Bertz CT molecular complexity index is 921. The maximum Gasteiger partial charge on any atom is 0.244 e. The Labute approximate surface area is 209 Å². The summed E-state index contributed by atoms with van der Waals surface area (Å²) in [5, 5.41) is 7.98. The van der Waals surface area contributed by atoms with Crippen molar-refractivity contribution in [2.24, 2.45) is 17.2 Å². The smallest absolute Gasteiger partial charge is 0.244 e. The zero-order valence-electron chi connectivity index (χ0n) is 19.6. The summed E-state index contributed by atoms with van der Waals surface area (Å²) in [4.78, 5) is 60.0. The van der Waals surface area contributed by atoms with Crippen molar-refractivity contribution >= 4 is 47.2 Å². The largest absolute Gasteiger partial charge is 0.368 e. The number of carbonyl (C=O) groups is 5. The molecular weight excluding hydrogens is 476 g/mol. The van der Waals surface area contributed by atoms with Crippen LogP contribution in [0.2, 0.25) is 5.02 Å². The predicted molar refractivity (Wildman–Crippen MR) is 132 cm³/mol. The Hall–Kier alpha value is -3.44. The van der Waals surface area contributed by atoms with Gasteiger partial charge in [-0.1, -0.05) is 23.7 Å². The topological polar surface area (TPSA) is 200 Å². The lowest BCUT2D eigenvalue weighted by molar-refractivity contribution is -0.131. The minimum atomic E-state index is -1.15. The summed E-state index contributed by atoms with van der Waals surface area (Å²) >= 11 is 5.81. The fourth-order valence-corrected chi connectivity index (χ4v) is 3.10. The van der Waals surface area contributed by atoms with Crippen LogP contribution in [-0.4, -0.2) is 54.2 Å². The molecule has 1 aromatic carbocycles. The van der Waals surface area contributed by atoms with E-state index in [1.165, 1.54) is 13.0 Å². The van der Waals surface area contributed by atoms with Gasteiger partial charge in [-0.15, -0.1) is 0 Å². The summed E-state index contributed by atoms with van der Waals surface area (Å²) < 4.78 is 0. The summed E-state index contributed by atoms with van der Waals surface area (Å²) in [6.45, 7) is 1.89. The first-order valence-corrected chi connectivity index (χ1v) is 11.5. The van der Waals surface area contributed by atoms with Crippen LogP contribution in [-0.2, 0) is 24.0 Å². The van der Waals surface area contributed by atoms with E-state index in [0.29, 0.717) is 30.8 Å². The molecule has 0 bridgehead atoms. The number of benzene rings is 1. The van der Waals surface area contributed by atoms with Gasteiger partial charge < -0.3 is 33.2 Å². The van der Waals surface area contributed by atoms with Crippen molar-refractivity contribution in [3.8, 4) is 0 Å². The van der Waals surface area contributed by atoms with Crippen molar-refractivity contribution in [3.63, 3.8) is 0 Å². The molecule has 0 heterocycles. The van der Waals surface area contributed by atoms with Gasteiger partial charge in [-0.25, -0.2) is 0 Å². The number of nitrogens with two attached hydrogens (primary N) is 3. The maximum atomic E-state index is 12.4. The highest BCUT2D eigenvalue weighted by molar-refractivity contribution is 6.30. The van der Waals surface area contributed by atoms with E-state index >= 15 is 0 Å². The highest BCUT2D eigenvalue weighted by Crippen LogP contribution is 2.10. The van der Waals surface area contributed by atoms with E-state index in [0.717, 1.165) is 5.56 Å². The molecule has 1 aromatic rings. The van der Waals surface area contributed by atoms with E-state index in [9.17, 15) is 24.0 Å². The molecule has 35 heavy (non-hydrogen) atoms.